The molecule has 1 atom stereocenters. The minimum absolute atomic E-state index is 0.341. The number of aliphatic carboxylic acids is 1. The Kier molecular flexibility index (Phi) is 4.51. The number of amides is 1. The molecule has 1 amide bonds. The SMILES string of the molecule is CCC(NC(=O)c1sc(C)cc1OC)C(=O)O. The normalized spacial score (nSPS) is 11.9. The van der Waals surface area contributed by atoms with Gasteiger partial charge in [0.05, 0.1) is 7.11 Å². The Hall–Kier alpha value is -1.56. The van der Waals surface area contributed by atoms with E-state index in [-0.39, 0.29) is 0 Å². The maximum Gasteiger partial charge on any atom is 0.326 e. The van der Waals surface area contributed by atoms with Crippen molar-refractivity contribution in [2.75, 3.05) is 7.11 Å². The number of carboxylic acid groups (broad SMARTS) is 1. The minimum atomic E-state index is -1.03. The average molecular weight is 257 g/mol. The lowest BCUT2D eigenvalue weighted by molar-refractivity contribution is -0.139. The van der Waals surface area contributed by atoms with Crippen molar-refractivity contribution in [2.45, 2.75) is 26.3 Å². The van der Waals surface area contributed by atoms with Crippen LogP contribution in [0.25, 0.3) is 0 Å². The smallest absolute Gasteiger partial charge is 0.326 e. The van der Waals surface area contributed by atoms with E-state index >= 15 is 0 Å². The molecule has 0 aliphatic rings. The summed E-state index contributed by atoms with van der Waals surface area (Å²) in [5.74, 6) is -0.965. The summed E-state index contributed by atoms with van der Waals surface area (Å²) in [5, 5.41) is 11.3. The van der Waals surface area contributed by atoms with Crippen molar-refractivity contribution in [3.63, 3.8) is 0 Å². The first kappa shape index (κ1) is 13.5. The number of ether oxygens (including phenoxy) is 1. The van der Waals surface area contributed by atoms with E-state index in [4.69, 9.17) is 9.84 Å². The molecule has 94 valence electrons. The van der Waals surface area contributed by atoms with Crippen LogP contribution in [0.3, 0.4) is 0 Å². The average Bonchev–Trinajstić information content (AvgIpc) is 2.66. The second-order valence-electron chi connectivity index (χ2n) is 3.53. The zero-order valence-corrected chi connectivity index (χ0v) is 10.8. The van der Waals surface area contributed by atoms with Gasteiger partial charge < -0.3 is 15.2 Å². The van der Waals surface area contributed by atoms with Crippen LogP contribution >= 0.6 is 11.3 Å². The largest absolute Gasteiger partial charge is 0.495 e. The van der Waals surface area contributed by atoms with Gasteiger partial charge in [0.2, 0.25) is 0 Å². The van der Waals surface area contributed by atoms with E-state index in [1.165, 1.54) is 18.4 Å². The van der Waals surface area contributed by atoms with Gasteiger partial charge in [-0.15, -0.1) is 11.3 Å². The Balaban J connectivity index is 2.85. The van der Waals surface area contributed by atoms with Crippen molar-refractivity contribution in [3.8, 4) is 5.75 Å². The van der Waals surface area contributed by atoms with E-state index in [0.29, 0.717) is 17.0 Å². The monoisotopic (exact) mass is 257 g/mol. The Bertz CT molecular complexity index is 427. The molecule has 0 bridgehead atoms. The molecular formula is C11H15NO4S. The van der Waals surface area contributed by atoms with Crippen molar-refractivity contribution in [1.29, 1.82) is 0 Å². The van der Waals surface area contributed by atoms with Crippen LogP contribution < -0.4 is 10.1 Å². The maximum atomic E-state index is 11.9. The van der Waals surface area contributed by atoms with Crippen LogP contribution in [0, 0.1) is 6.92 Å². The summed E-state index contributed by atoms with van der Waals surface area (Å²) in [5.41, 5.74) is 0. The first-order valence-electron chi connectivity index (χ1n) is 5.17. The first-order valence-corrected chi connectivity index (χ1v) is 5.99. The summed E-state index contributed by atoms with van der Waals surface area (Å²) in [6, 6.07) is 0.885. The highest BCUT2D eigenvalue weighted by atomic mass is 32.1. The Morgan fingerprint density at radius 2 is 2.24 bits per heavy atom. The molecule has 0 aliphatic heterocycles. The minimum Gasteiger partial charge on any atom is -0.495 e. The van der Waals surface area contributed by atoms with E-state index < -0.39 is 17.9 Å². The molecule has 0 aliphatic carbocycles. The fourth-order valence-corrected chi connectivity index (χ4v) is 2.25. The van der Waals surface area contributed by atoms with Crippen LogP contribution in [-0.2, 0) is 4.79 Å². The van der Waals surface area contributed by atoms with Crippen LogP contribution in [0.1, 0.15) is 27.9 Å². The van der Waals surface area contributed by atoms with Gasteiger partial charge >= 0.3 is 5.97 Å². The van der Waals surface area contributed by atoms with Gasteiger partial charge in [0.1, 0.15) is 16.7 Å². The summed E-state index contributed by atoms with van der Waals surface area (Å²) in [7, 11) is 1.48. The van der Waals surface area contributed by atoms with Gasteiger partial charge in [0.25, 0.3) is 5.91 Å². The number of hydrogen-bond donors (Lipinski definition) is 2. The van der Waals surface area contributed by atoms with Gasteiger partial charge in [0, 0.05) is 4.88 Å². The highest BCUT2D eigenvalue weighted by Gasteiger charge is 2.22. The summed E-state index contributed by atoms with van der Waals surface area (Å²) >= 11 is 1.28. The number of carboxylic acids is 1. The summed E-state index contributed by atoms with van der Waals surface area (Å²) < 4.78 is 5.07. The van der Waals surface area contributed by atoms with Crippen molar-refractivity contribution in [1.82, 2.24) is 5.32 Å². The molecule has 0 saturated carbocycles. The lowest BCUT2D eigenvalue weighted by Gasteiger charge is -2.11. The van der Waals surface area contributed by atoms with E-state index in [0.717, 1.165) is 4.88 Å². The molecule has 1 aromatic rings. The predicted molar refractivity (Wildman–Crippen MR) is 64.8 cm³/mol. The van der Waals surface area contributed by atoms with Crippen LogP contribution in [0.4, 0.5) is 0 Å². The fourth-order valence-electron chi connectivity index (χ4n) is 1.36. The van der Waals surface area contributed by atoms with E-state index in [1.807, 2.05) is 6.92 Å². The molecule has 1 rings (SSSR count). The van der Waals surface area contributed by atoms with Crippen molar-refractivity contribution >= 4 is 23.2 Å². The summed E-state index contributed by atoms with van der Waals surface area (Å²) in [6.07, 6.45) is 0.341. The number of carbonyl (C=O) groups excluding carboxylic acids is 1. The second-order valence-corrected chi connectivity index (χ2v) is 4.78. The Morgan fingerprint density at radius 3 is 2.71 bits per heavy atom. The van der Waals surface area contributed by atoms with Gasteiger partial charge in [-0.2, -0.15) is 0 Å². The number of thiophene rings is 1. The number of methoxy groups -OCH3 is 1. The van der Waals surface area contributed by atoms with Gasteiger partial charge in [0.15, 0.2) is 0 Å². The van der Waals surface area contributed by atoms with Gasteiger partial charge in [-0.25, -0.2) is 4.79 Å². The molecule has 1 unspecified atom stereocenters. The maximum absolute atomic E-state index is 11.9. The first-order chi connectivity index (χ1) is 7.99. The molecule has 0 aromatic carbocycles. The van der Waals surface area contributed by atoms with Gasteiger partial charge in [-0.1, -0.05) is 6.92 Å². The highest BCUT2D eigenvalue weighted by Crippen LogP contribution is 2.28. The quantitative estimate of drug-likeness (QED) is 0.841. The zero-order chi connectivity index (χ0) is 13.0. The molecule has 0 saturated heterocycles. The molecule has 1 heterocycles. The predicted octanol–water partition coefficient (Wildman–Crippen LogP) is 1.66. The Morgan fingerprint density at radius 1 is 1.59 bits per heavy atom. The molecule has 0 fully saturated rings. The van der Waals surface area contributed by atoms with E-state index in [9.17, 15) is 9.59 Å². The highest BCUT2D eigenvalue weighted by molar-refractivity contribution is 7.14. The Labute approximate surface area is 103 Å². The number of rotatable bonds is 5. The fraction of sp³-hybridized carbons (Fsp3) is 0.455. The van der Waals surface area contributed by atoms with Crippen LogP contribution in [-0.4, -0.2) is 30.1 Å². The third kappa shape index (κ3) is 3.20. The van der Waals surface area contributed by atoms with E-state index in [1.54, 1.807) is 13.0 Å². The summed E-state index contributed by atoms with van der Waals surface area (Å²) in [4.78, 5) is 24.0. The molecule has 1 aromatic heterocycles. The zero-order valence-electron chi connectivity index (χ0n) is 9.94. The molecule has 0 spiro atoms. The summed E-state index contributed by atoms with van der Waals surface area (Å²) in [6.45, 7) is 3.56. The lowest BCUT2D eigenvalue weighted by atomic mass is 10.2. The van der Waals surface area contributed by atoms with Crippen molar-refractivity contribution in [2.24, 2.45) is 0 Å². The second kappa shape index (κ2) is 5.67. The molecule has 17 heavy (non-hydrogen) atoms. The van der Waals surface area contributed by atoms with Gasteiger partial charge in [-0.05, 0) is 19.4 Å². The van der Waals surface area contributed by atoms with Crippen LogP contribution in [0.15, 0.2) is 6.07 Å². The molecule has 0 radical (unpaired) electrons. The third-order valence-corrected chi connectivity index (χ3v) is 3.29. The molecule has 2 N–H and O–H groups in total. The number of hydrogen-bond acceptors (Lipinski definition) is 4. The molecule has 5 nitrogen and oxygen atoms in total. The number of aryl methyl sites for hydroxylation is 1. The third-order valence-electron chi connectivity index (χ3n) is 2.26. The van der Waals surface area contributed by atoms with E-state index in [2.05, 4.69) is 5.32 Å². The number of carbonyl (C=O) groups is 2. The van der Waals surface area contributed by atoms with Gasteiger partial charge in [-0.3, -0.25) is 4.79 Å². The number of nitrogens with one attached hydrogen (secondary N) is 1. The molecular weight excluding hydrogens is 242 g/mol. The lowest BCUT2D eigenvalue weighted by Crippen LogP contribution is -2.40. The van der Waals surface area contributed by atoms with Crippen LogP contribution in [0.5, 0.6) is 5.75 Å². The van der Waals surface area contributed by atoms with Crippen LogP contribution in [0.2, 0.25) is 0 Å². The topological polar surface area (TPSA) is 75.6 Å². The van der Waals surface area contributed by atoms with Crippen molar-refractivity contribution in [3.05, 3.63) is 15.8 Å². The molecule has 6 heteroatoms. The van der Waals surface area contributed by atoms with Crippen molar-refractivity contribution < 1.29 is 19.4 Å². The standard InChI is InChI=1S/C11H15NO4S/c1-4-7(11(14)15)12-10(13)9-8(16-3)5-6(2)17-9/h5,7H,4H2,1-3H3,(H,12,13)(H,14,15).